The van der Waals surface area contributed by atoms with Gasteiger partial charge in [0.15, 0.2) is 5.75 Å². The molecule has 0 aliphatic carbocycles. The molecule has 0 fully saturated rings. The Hall–Kier alpha value is -3.60. The molecule has 0 bridgehead atoms. The molecule has 3 aromatic rings. The Bertz CT molecular complexity index is 1280. The van der Waals surface area contributed by atoms with E-state index in [4.69, 9.17) is 15.2 Å². The third-order valence-corrected chi connectivity index (χ3v) is 4.74. The maximum Gasteiger partial charge on any atom is 0.421 e. The first-order chi connectivity index (χ1) is 16.0. The van der Waals surface area contributed by atoms with Gasteiger partial charge >= 0.3 is 6.18 Å². The van der Waals surface area contributed by atoms with Crippen LogP contribution in [0.5, 0.6) is 11.6 Å². The second kappa shape index (κ2) is 11.2. The van der Waals surface area contributed by atoms with Crippen molar-refractivity contribution >= 4 is 18.3 Å². The molecule has 0 atom stereocenters. The molecule has 0 saturated carbocycles. The van der Waals surface area contributed by atoms with Crippen molar-refractivity contribution in [2.45, 2.75) is 26.4 Å². The van der Waals surface area contributed by atoms with Crippen LogP contribution in [0.1, 0.15) is 25.0 Å². The summed E-state index contributed by atoms with van der Waals surface area (Å²) in [6.07, 6.45) is -2.76. The molecule has 2 aromatic heterocycles. The first-order valence-electron chi connectivity index (χ1n) is 10.2. The summed E-state index contributed by atoms with van der Waals surface area (Å²) in [7, 11) is 0. The van der Waals surface area contributed by atoms with Crippen LogP contribution in [0.4, 0.5) is 17.6 Å². The van der Waals surface area contributed by atoms with E-state index >= 15 is 0 Å². The number of hydrogen-bond acceptors (Lipinski definition) is 5. The summed E-state index contributed by atoms with van der Waals surface area (Å²) in [5, 5.41) is 0. The van der Waals surface area contributed by atoms with Gasteiger partial charge in [-0.2, -0.15) is 13.2 Å². The minimum absolute atomic E-state index is 0. The zero-order chi connectivity index (χ0) is 25.0. The molecule has 0 spiro atoms. The van der Waals surface area contributed by atoms with Crippen LogP contribution in [-0.2, 0) is 17.4 Å². The number of aromatic nitrogens is 2. The van der Waals surface area contributed by atoms with Crippen molar-refractivity contribution in [1.29, 1.82) is 0 Å². The zero-order valence-corrected chi connectivity index (χ0v) is 19.5. The highest BCUT2D eigenvalue weighted by atomic mass is 35.5. The number of primary amides is 1. The maximum atomic E-state index is 14.5. The number of pyridine rings is 2. The molecular weight excluding hydrogens is 494 g/mol. The number of alkyl halides is 3. The summed E-state index contributed by atoms with van der Waals surface area (Å²) in [6.45, 7) is 3.23. The van der Waals surface area contributed by atoms with Crippen molar-refractivity contribution in [3.05, 3.63) is 70.0 Å². The van der Waals surface area contributed by atoms with Gasteiger partial charge in [-0.25, -0.2) is 9.37 Å². The second-order valence-corrected chi connectivity index (χ2v) is 7.13. The third-order valence-electron chi connectivity index (χ3n) is 4.74. The topological polar surface area (TPSA) is 96.4 Å². The smallest absolute Gasteiger partial charge is 0.421 e. The zero-order valence-electron chi connectivity index (χ0n) is 18.7. The van der Waals surface area contributed by atoms with E-state index in [1.807, 2.05) is 0 Å². The second-order valence-electron chi connectivity index (χ2n) is 7.13. The molecule has 2 heterocycles. The summed E-state index contributed by atoms with van der Waals surface area (Å²) in [4.78, 5) is 27.8. The first-order valence-corrected chi connectivity index (χ1v) is 10.2. The Balaban J connectivity index is 0.00000432. The van der Waals surface area contributed by atoms with Crippen molar-refractivity contribution in [3.8, 4) is 28.4 Å². The van der Waals surface area contributed by atoms with Crippen LogP contribution in [-0.4, -0.2) is 28.7 Å². The van der Waals surface area contributed by atoms with Gasteiger partial charge in [0.25, 0.3) is 5.56 Å². The Morgan fingerprint density at radius 2 is 1.77 bits per heavy atom. The third kappa shape index (κ3) is 6.30. The average molecular weight is 516 g/mol. The van der Waals surface area contributed by atoms with Gasteiger partial charge in [-0.3, -0.25) is 14.2 Å². The number of amides is 1. The predicted molar refractivity (Wildman–Crippen MR) is 123 cm³/mol. The minimum Gasteiger partial charge on any atom is -0.488 e. The van der Waals surface area contributed by atoms with Crippen LogP contribution in [0, 0.1) is 5.82 Å². The van der Waals surface area contributed by atoms with E-state index in [0.717, 1.165) is 22.9 Å². The quantitative estimate of drug-likeness (QED) is 0.451. The van der Waals surface area contributed by atoms with E-state index in [9.17, 15) is 27.2 Å². The maximum absolute atomic E-state index is 14.5. The van der Waals surface area contributed by atoms with Crippen molar-refractivity contribution < 1.29 is 31.8 Å². The van der Waals surface area contributed by atoms with Crippen LogP contribution < -0.4 is 20.8 Å². The monoisotopic (exact) mass is 515 g/mol. The minimum atomic E-state index is -4.78. The Kier molecular flexibility index (Phi) is 8.86. The lowest BCUT2D eigenvalue weighted by atomic mass is 10.0. The Morgan fingerprint density at radius 1 is 1.09 bits per heavy atom. The van der Waals surface area contributed by atoms with Crippen LogP contribution >= 0.6 is 12.4 Å². The molecule has 1 amide bonds. The standard InChI is InChI=1S/C23H21F4N3O4.ClH/c1-3-33-19-8-15(13-5-6-14(9-20(28)31)18(24)7-13)12-30(22(19)32)16-10-17(23(25,26)27)21(29-11-16)34-4-2;/h5-8,10-12H,3-4,9H2,1-2H3,(H2,28,31);1H. The number of benzene rings is 1. The molecule has 2 N–H and O–H groups in total. The number of carbonyl (C=O) groups is 1. The van der Waals surface area contributed by atoms with Gasteiger partial charge < -0.3 is 15.2 Å². The van der Waals surface area contributed by atoms with Crippen LogP contribution in [0.2, 0.25) is 0 Å². The largest absolute Gasteiger partial charge is 0.488 e. The van der Waals surface area contributed by atoms with Gasteiger partial charge in [-0.15, -0.1) is 12.4 Å². The molecule has 0 aliphatic heterocycles. The van der Waals surface area contributed by atoms with E-state index in [1.54, 1.807) is 6.92 Å². The fraction of sp³-hybridized carbons (Fsp3) is 0.261. The van der Waals surface area contributed by atoms with E-state index in [-0.39, 0.29) is 54.6 Å². The van der Waals surface area contributed by atoms with Crippen LogP contribution in [0.15, 0.2) is 47.5 Å². The summed E-state index contributed by atoms with van der Waals surface area (Å²) in [5.74, 6) is -2.17. The van der Waals surface area contributed by atoms with Crippen molar-refractivity contribution in [1.82, 2.24) is 9.55 Å². The summed E-state index contributed by atoms with van der Waals surface area (Å²) in [6, 6.07) is 6.10. The number of carbonyl (C=O) groups excluding carboxylic acids is 1. The lowest BCUT2D eigenvalue weighted by Crippen LogP contribution is -2.21. The SMILES string of the molecule is CCOc1ncc(-n2cc(-c3ccc(CC(N)=O)c(F)c3)cc(OCC)c2=O)cc1C(F)(F)F.Cl. The van der Waals surface area contributed by atoms with Crippen LogP contribution in [0.25, 0.3) is 16.8 Å². The lowest BCUT2D eigenvalue weighted by Gasteiger charge is -2.16. The fourth-order valence-corrected chi connectivity index (χ4v) is 3.25. The number of nitrogens with two attached hydrogens (primary N) is 1. The first kappa shape index (κ1) is 27.6. The molecule has 0 saturated heterocycles. The molecule has 3 rings (SSSR count). The molecule has 12 heteroatoms. The molecule has 0 radical (unpaired) electrons. The van der Waals surface area contributed by atoms with Gasteiger partial charge in [-0.05, 0) is 43.2 Å². The van der Waals surface area contributed by atoms with Crippen molar-refractivity contribution in [3.63, 3.8) is 0 Å². The van der Waals surface area contributed by atoms with Crippen LogP contribution in [0.3, 0.4) is 0 Å². The Morgan fingerprint density at radius 3 is 2.34 bits per heavy atom. The number of ether oxygens (including phenoxy) is 2. The number of rotatable bonds is 8. The highest BCUT2D eigenvalue weighted by molar-refractivity contribution is 5.85. The van der Waals surface area contributed by atoms with E-state index in [2.05, 4.69) is 4.98 Å². The molecule has 188 valence electrons. The number of hydrogen-bond donors (Lipinski definition) is 1. The van der Waals surface area contributed by atoms with Gasteiger partial charge in [0, 0.05) is 11.8 Å². The molecule has 0 unspecified atom stereocenters. The van der Waals surface area contributed by atoms with Gasteiger partial charge in [0.1, 0.15) is 11.4 Å². The number of nitrogens with zero attached hydrogens (tertiary/aromatic N) is 2. The molecular formula is C23H22ClF4N3O4. The van der Waals surface area contributed by atoms with E-state index in [0.29, 0.717) is 5.56 Å². The lowest BCUT2D eigenvalue weighted by molar-refractivity contribution is -0.139. The van der Waals surface area contributed by atoms with Crippen molar-refractivity contribution in [2.75, 3.05) is 13.2 Å². The van der Waals surface area contributed by atoms with Gasteiger partial charge in [0.05, 0.1) is 31.5 Å². The Labute approximate surface area is 203 Å². The summed E-state index contributed by atoms with van der Waals surface area (Å²) >= 11 is 0. The van der Waals surface area contributed by atoms with Gasteiger partial charge in [-0.1, -0.05) is 12.1 Å². The van der Waals surface area contributed by atoms with E-state index in [1.165, 1.54) is 31.3 Å². The molecule has 35 heavy (non-hydrogen) atoms. The van der Waals surface area contributed by atoms with Crippen molar-refractivity contribution in [2.24, 2.45) is 5.73 Å². The molecule has 7 nitrogen and oxygen atoms in total. The van der Waals surface area contributed by atoms with E-state index < -0.39 is 34.9 Å². The average Bonchev–Trinajstić information content (AvgIpc) is 2.76. The number of halogens is 5. The summed E-state index contributed by atoms with van der Waals surface area (Å²) in [5.41, 5.74) is 3.72. The molecule has 0 aliphatic rings. The molecule has 1 aromatic carbocycles. The summed E-state index contributed by atoms with van der Waals surface area (Å²) < 4.78 is 66.5. The highest BCUT2D eigenvalue weighted by Gasteiger charge is 2.36. The van der Waals surface area contributed by atoms with Gasteiger partial charge in [0.2, 0.25) is 11.8 Å². The normalized spacial score (nSPS) is 11.0. The predicted octanol–water partition coefficient (Wildman–Crippen LogP) is 4.30. The highest BCUT2D eigenvalue weighted by Crippen LogP contribution is 2.36. The fourth-order valence-electron chi connectivity index (χ4n) is 3.25.